The molecule has 0 aliphatic carbocycles. The monoisotopic (exact) mass is 179 g/mol. The number of hydrogen-bond donors (Lipinski definition) is 1. The van der Waals surface area contributed by atoms with E-state index in [1.165, 1.54) is 5.56 Å². The van der Waals surface area contributed by atoms with Crippen LogP contribution in [0.1, 0.15) is 11.3 Å². The average molecular weight is 179 g/mol. The molecule has 13 heavy (non-hydrogen) atoms. The molecule has 4 nitrogen and oxygen atoms in total. The summed E-state index contributed by atoms with van der Waals surface area (Å²) in [6, 6.07) is 1.98. The summed E-state index contributed by atoms with van der Waals surface area (Å²) in [6.07, 6.45) is 1.98. The van der Waals surface area contributed by atoms with Gasteiger partial charge in [0.25, 0.3) is 0 Å². The lowest BCUT2D eigenvalue weighted by molar-refractivity contribution is 0.390. The molecule has 4 heteroatoms. The molecule has 0 amide bonds. The van der Waals surface area contributed by atoms with Crippen molar-refractivity contribution in [3.63, 3.8) is 0 Å². The smallest absolute Gasteiger partial charge is 0.233 e. The number of ether oxygens (including phenoxy) is 1. The lowest BCUT2D eigenvalue weighted by Gasteiger charge is -2.04. The summed E-state index contributed by atoms with van der Waals surface area (Å²) in [6.45, 7) is 2.01. The normalized spacial score (nSPS) is 16.1. The van der Waals surface area contributed by atoms with Crippen molar-refractivity contribution in [2.75, 3.05) is 20.2 Å². The van der Waals surface area contributed by atoms with Crippen LogP contribution < -0.4 is 10.1 Å². The fraction of sp³-hybridized carbons (Fsp3) is 0.556. The Balaban J connectivity index is 2.32. The van der Waals surface area contributed by atoms with Gasteiger partial charge in [-0.3, -0.25) is 0 Å². The summed E-state index contributed by atoms with van der Waals surface area (Å²) >= 11 is 0. The second kappa shape index (κ2) is 3.70. The van der Waals surface area contributed by atoms with Crippen LogP contribution in [0.15, 0.2) is 6.07 Å². The Kier molecular flexibility index (Phi) is 2.40. The lowest BCUT2D eigenvalue weighted by Crippen LogP contribution is -2.16. The number of aromatic nitrogens is 2. The van der Waals surface area contributed by atoms with Crippen LogP contribution in [0.2, 0.25) is 0 Å². The van der Waals surface area contributed by atoms with Crippen molar-refractivity contribution < 1.29 is 4.74 Å². The Morgan fingerprint density at radius 2 is 2.15 bits per heavy atom. The minimum absolute atomic E-state index is 0.612. The molecular formula is C9H13N3O. The zero-order chi connectivity index (χ0) is 9.10. The highest BCUT2D eigenvalue weighted by Gasteiger charge is 2.10. The van der Waals surface area contributed by atoms with E-state index in [0.29, 0.717) is 5.88 Å². The van der Waals surface area contributed by atoms with Crippen molar-refractivity contribution in [3.05, 3.63) is 17.3 Å². The molecule has 2 rings (SSSR count). The predicted octanol–water partition coefficient (Wildman–Crippen LogP) is 0.173. The minimum Gasteiger partial charge on any atom is -0.480 e. The van der Waals surface area contributed by atoms with Gasteiger partial charge in [-0.2, -0.15) is 5.10 Å². The molecule has 0 atom stereocenters. The van der Waals surface area contributed by atoms with Gasteiger partial charge in [-0.25, -0.2) is 0 Å². The van der Waals surface area contributed by atoms with Gasteiger partial charge < -0.3 is 10.1 Å². The third kappa shape index (κ3) is 1.78. The van der Waals surface area contributed by atoms with E-state index in [1.54, 1.807) is 7.11 Å². The molecule has 1 N–H and O–H groups in total. The highest BCUT2D eigenvalue weighted by molar-refractivity contribution is 5.25. The van der Waals surface area contributed by atoms with Crippen LogP contribution in [-0.4, -0.2) is 30.4 Å². The van der Waals surface area contributed by atoms with Crippen molar-refractivity contribution in [3.8, 4) is 5.88 Å². The molecule has 0 aromatic carbocycles. The second-order valence-corrected chi connectivity index (χ2v) is 3.11. The molecule has 1 aromatic heterocycles. The average Bonchev–Trinajstić information content (AvgIpc) is 2.41. The molecule has 2 heterocycles. The van der Waals surface area contributed by atoms with Gasteiger partial charge in [0.2, 0.25) is 5.88 Å². The predicted molar refractivity (Wildman–Crippen MR) is 48.9 cm³/mol. The van der Waals surface area contributed by atoms with Gasteiger partial charge in [0.1, 0.15) is 0 Å². The molecule has 0 saturated carbocycles. The van der Waals surface area contributed by atoms with E-state index >= 15 is 0 Å². The van der Waals surface area contributed by atoms with Crippen molar-refractivity contribution >= 4 is 0 Å². The number of hydrogen-bond acceptors (Lipinski definition) is 4. The highest BCUT2D eigenvalue weighted by Crippen LogP contribution is 2.14. The molecule has 0 bridgehead atoms. The van der Waals surface area contributed by atoms with Crippen molar-refractivity contribution in [2.24, 2.45) is 0 Å². The molecule has 0 fully saturated rings. The quantitative estimate of drug-likeness (QED) is 0.667. The molecule has 70 valence electrons. The molecule has 1 aromatic rings. The summed E-state index contributed by atoms with van der Waals surface area (Å²) in [5.41, 5.74) is 2.36. The van der Waals surface area contributed by atoms with Gasteiger partial charge in [0.15, 0.2) is 0 Å². The minimum atomic E-state index is 0.612. The van der Waals surface area contributed by atoms with Crippen LogP contribution in [0.25, 0.3) is 0 Å². The molecule has 1 aliphatic rings. The second-order valence-electron chi connectivity index (χ2n) is 3.11. The van der Waals surface area contributed by atoms with Gasteiger partial charge in [-0.1, -0.05) is 0 Å². The summed E-state index contributed by atoms with van der Waals surface area (Å²) < 4.78 is 5.03. The first-order valence-electron chi connectivity index (χ1n) is 4.50. The Morgan fingerprint density at radius 1 is 1.31 bits per heavy atom. The number of fused-ring (bicyclic) bond motifs is 1. The fourth-order valence-corrected chi connectivity index (χ4v) is 1.52. The molecule has 1 aliphatic heterocycles. The zero-order valence-corrected chi connectivity index (χ0v) is 7.71. The topological polar surface area (TPSA) is 47.0 Å². The number of nitrogens with zero attached hydrogens (tertiary/aromatic N) is 2. The van der Waals surface area contributed by atoms with Gasteiger partial charge in [0, 0.05) is 19.0 Å². The van der Waals surface area contributed by atoms with E-state index in [9.17, 15) is 0 Å². The van der Waals surface area contributed by atoms with Crippen molar-refractivity contribution in [1.82, 2.24) is 15.5 Å². The third-order valence-electron chi connectivity index (χ3n) is 2.26. The van der Waals surface area contributed by atoms with E-state index in [4.69, 9.17) is 4.74 Å². The molecular weight excluding hydrogens is 166 g/mol. The third-order valence-corrected chi connectivity index (χ3v) is 2.26. The Bertz CT molecular complexity index is 301. The maximum absolute atomic E-state index is 5.03. The van der Waals surface area contributed by atoms with Crippen molar-refractivity contribution in [2.45, 2.75) is 12.8 Å². The number of rotatable bonds is 1. The lowest BCUT2D eigenvalue weighted by atomic mass is 10.1. The van der Waals surface area contributed by atoms with Gasteiger partial charge in [0.05, 0.1) is 12.8 Å². The first-order chi connectivity index (χ1) is 6.40. The Labute approximate surface area is 77.3 Å². The zero-order valence-electron chi connectivity index (χ0n) is 7.71. The van der Waals surface area contributed by atoms with Crippen LogP contribution >= 0.6 is 0 Å². The van der Waals surface area contributed by atoms with Crippen LogP contribution in [0, 0.1) is 0 Å². The highest BCUT2D eigenvalue weighted by atomic mass is 16.5. The van der Waals surface area contributed by atoms with Crippen LogP contribution in [0.4, 0.5) is 0 Å². The summed E-state index contributed by atoms with van der Waals surface area (Å²) in [4.78, 5) is 0. The molecule has 0 radical (unpaired) electrons. The largest absolute Gasteiger partial charge is 0.480 e. The summed E-state index contributed by atoms with van der Waals surface area (Å²) in [7, 11) is 1.62. The van der Waals surface area contributed by atoms with Crippen molar-refractivity contribution in [1.29, 1.82) is 0 Å². The number of methoxy groups -OCH3 is 1. The van der Waals surface area contributed by atoms with Gasteiger partial charge >= 0.3 is 0 Å². The van der Waals surface area contributed by atoms with E-state index in [2.05, 4.69) is 15.5 Å². The first-order valence-corrected chi connectivity index (χ1v) is 4.50. The fourth-order valence-electron chi connectivity index (χ4n) is 1.52. The molecule has 0 spiro atoms. The standard InChI is InChI=1S/C9H13N3O/c1-13-9-6-7-2-4-10-5-3-8(7)11-12-9/h6,10H,2-5H2,1H3. The maximum Gasteiger partial charge on any atom is 0.233 e. The van der Waals surface area contributed by atoms with Crippen LogP contribution in [0.5, 0.6) is 5.88 Å². The number of nitrogens with one attached hydrogen (secondary N) is 1. The van der Waals surface area contributed by atoms with Gasteiger partial charge in [-0.05, 0) is 18.5 Å². The molecule has 0 unspecified atom stereocenters. The van der Waals surface area contributed by atoms with Crippen LogP contribution in [-0.2, 0) is 12.8 Å². The van der Waals surface area contributed by atoms with E-state index in [0.717, 1.165) is 31.6 Å². The van der Waals surface area contributed by atoms with Crippen LogP contribution in [0.3, 0.4) is 0 Å². The van der Waals surface area contributed by atoms with Gasteiger partial charge in [-0.15, -0.1) is 5.10 Å². The van der Waals surface area contributed by atoms with E-state index < -0.39 is 0 Å². The Morgan fingerprint density at radius 3 is 3.00 bits per heavy atom. The Hall–Kier alpha value is -1.16. The SMILES string of the molecule is COc1cc2c(nn1)CCNCC2. The summed E-state index contributed by atoms with van der Waals surface area (Å²) in [5.74, 6) is 0.612. The van der Waals surface area contributed by atoms with E-state index in [1.807, 2.05) is 6.07 Å². The maximum atomic E-state index is 5.03. The van der Waals surface area contributed by atoms with E-state index in [-0.39, 0.29) is 0 Å². The first kappa shape index (κ1) is 8.44. The molecule has 0 saturated heterocycles. The summed E-state index contributed by atoms with van der Waals surface area (Å²) in [5, 5.41) is 11.4.